The van der Waals surface area contributed by atoms with Crippen molar-refractivity contribution in [2.45, 2.75) is 13.5 Å². The molecule has 1 aliphatic heterocycles. The summed E-state index contributed by atoms with van der Waals surface area (Å²) < 4.78 is 3.66. The van der Waals surface area contributed by atoms with Gasteiger partial charge in [-0.1, -0.05) is 23.2 Å². The monoisotopic (exact) mass is 305 g/mol. The van der Waals surface area contributed by atoms with Crippen LogP contribution in [0.1, 0.15) is 11.3 Å². The molecule has 0 unspecified atom stereocenters. The van der Waals surface area contributed by atoms with Gasteiger partial charge in [-0.15, -0.1) is 0 Å². The second kappa shape index (κ2) is 4.07. The third kappa shape index (κ3) is 1.53. The van der Waals surface area contributed by atoms with Gasteiger partial charge >= 0.3 is 0 Å². The fourth-order valence-electron chi connectivity index (χ4n) is 2.53. The third-order valence-electron chi connectivity index (χ3n) is 3.43. The van der Waals surface area contributed by atoms with E-state index in [2.05, 4.69) is 21.1 Å². The molecule has 100 valence electrons. The first kappa shape index (κ1) is 11.9. The van der Waals surface area contributed by atoms with Crippen molar-refractivity contribution in [3.8, 4) is 17.1 Å². The van der Waals surface area contributed by atoms with E-state index in [4.69, 9.17) is 23.2 Å². The van der Waals surface area contributed by atoms with E-state index in [9.17, 15) is 0 Å². The molecular weight excluding hydrogens is 297 g/mol. The number of benzene rings is 1. The SMILES string of the molecule is Cc1ccc2c(c1)-c1ncnn1Cc1c(Cl)nc(Cl)n1-2. The minimum Gasteiger partial charge on any atom is -0.283 e. The summed E-state index contributed by atoms with van der Waals surface area (Å²) in [7, 11) is 0. The zero-order valence-electron chi connectivity index (χ0n) is 10.5. The molecule has 0 saturated heterocycles. The van der Waals surface area contributed by atoms with Crippen molar-refractivity contribution in [1.29, 1.82) is 0 Å². The van der Waals surface area contributed by atoms with E-state index in [0.717, 1.165) is 28.3 Å². The van der Waals surface area contributed by atoms with Gasteiger partial charge in [0.2, 0.25) is 5.28 Å². The molecule has 5 nitrogen and oxygen atoms in total. The molecule has 1 aliphatic rings. The fourth-order valence-corrected chi connectivity index (χ4v) is 3.08. The lowest BCUT2D eigenvalue weighted by molar-refractivity contribution is 0.677. The van der Waals surface area contributed by atoms with Crippen LogP contribution in [-0.2, 0) is 6.54 Å². The van der Waals surface area contributed by atoms with Gasteiger partial charge in [-0.3, -0.25) is 4.57 Å². The zero-order valence-corrected chi connectivity index (χ0v) is 12.0. The smallest absolute Gasteiger partial charge is 0.209 e. The van der Waals surface area contributed by atoms with Crippen LogP contribution in [0.3, 0.4) is 0 Å². The minimum absolute atomic E-state index is 0.348. The Morgan fingerprint density at radius 2 is 2.10 bits per heavy atom. The van der Waals surface area contributed by atoms with Gasteiger partial charge in [0.1, 0.15) is 6.33 Å². The predicted octanol–water partition coefficient (Wildman–Crippen LogP) is 3.11. The Labute approximate surface area is 124 Å². The van der Waals surface area contributed by atoms with Crippen LogP contribution in [0.4, 0.5) is 0 Å². The van der Waals surface area contributed by atoms with Crippen LogP contribution in [0.25, 0.3) is 17.1 Å². The highest BCUT2D eigenvalue weighted by Crippen LogP contribution is 2.35. The number of hydrogen-bond donors (Lipinski definition) is 0. The Kier molecular flexibility index (Phi) is 2.43. The van der Waals surface area contributed by atoms with Gasteiger partial charge in [0.05, 0.1) is 17.9 Å². The van der Waals surface area contributed by atoms with Crippen LogP contribution in [0.15, 0.2) is 24.5 Å². The summed E-state index contributed by atoms with van der Waals surface area (Å²) in [6, 6.07) is 6.09. The van der Waals surface area contributed by atoms with Gasteiger partial charge in [-0.25, -0.2) is 14.6 Å². The molecule has 0 spiro atoms. The molecule has 0 aliphatic carbocycles. The molecule has 0 atom stereocenters. The van der Waals surface area contributed by atoms with Gasteiger partial charge < -0.3 is 0 Å². The standard InChI is InChI=1S/C13H9Cl2N5/c1-7-2-3-9-8(4-7)12-16-6-17-19(12)5-10-11(14)18-13(15)20(9)10/h2-4,6H,5H2,1H3. The highest BCUT2D eigenvalue weighted by atomic mass is 35.5. The molecular formula is C13H9Cl2N5. The van der Waals surface area contributed by atoms with E-state index >= 15 is 0 Å². The molecule has 3 aromatic rings. The number of nitrogens with zero attached hydrogens (tertiary/aromatic N) is 5. The first-order valence-electron chi connectivity index (χ1n) is 6.07. The molecule has 0 amide bonds. The molecule has 0 fully saturated rings. The molecule has 0 saturated carbocycles. The van der Waals surface area contributed by atoms with E-state index in [1.807, 2.05) is 23.6 Å². The Hall–Kier alpha value is -1.85. The Balaban J connectivity index is 2.15. The lowest BCUT2D eigenvalue weighted by Gasteiger charge is -2.10. The summed E-state index contributed by atoms with van der Waals surface area (Å²) >= 11 is 12.4. The second-order valence-corrected chi connectivity index (χ2v) is 5.41. The lowest BCUT2D eigenvalue weighted by atomic mass is 10.1. The maximum Gasteiger partial charge on any atom is 0.209 e. The maximum atomic E-state index is 6.23. The molecule has 0 bridgehead atoms. The normalized spacial score (nSPS) is 12.6. The molecule has 0 radical (unpaired) electrons. The number of rotatable bonds is 0. The molecule has 7 heteroatoms. The molecule has 0 N–H and O–H groups in total. The molecule has 3 heterocycles. The average Bonchev–Trinajstić information content (AvgIpc) is 2.93. The van der Waals surface area contributed by atoms with Crippen LogP contribution < -0.4 is 0 Å². The number of hydrogen-bond acceptors (Lipinski definition) is 3. The number of halogens is 2. The van der Waals surface area contributed by atoms with Crippen molar-refractivity contribution in [2.75, 3.05) is 0 Å². The summed E-state index contributed by atoms with van der Waals surface area (Å²) in [5.74, 6) is 0.805. The minimum atomic E-state index is 0.348. The highest BCUT2D eigenvalue weighted by Gasteiger charge is 2.25. The Bertz CT molecular complexity index is 833. The van der Waals surface area contributed by atoms with Crippen LogP contribution >= 0.6 is 23.2 Å². The Morgan fingerprint density at radius 3 is 2.95 bits per heavy atom. The maximum absolute atomic E-state index is 6.23. The van der Waals surface area contributed by atoms with Crippen molar-refractivity contribution in [3.63, 3.8) is 0 Å². The molecule has 4 rings (SSSR count). The van der Waals surface area contributed by atoms with Gasteiger partial charge in [-0.05, 0) is 30.7 Å². The third-order valence-corrected chi connectivity index (χ3v) is 3.99. The average molecular weight is 306 g/mol. The van der Waals surface area contributed by atoms with Crippen molar-refractivity contribution in [3.05, 3.63) is 46.2 Å². The number of aryl methyl sites for hydroxylation is 1. The molecule has 1 aromatic carbocycles. The van der Waals surface area contributed by atoms with Crippen molar-refractivity contribution in [1.82, 2.24) is 24.3 Å². The van der Waals surface area contributed by atoms with E-state index < -0.39 is 0 Å². The first-order valence-corrected chi connectivity index (χ1v) is 6.82. The quantitative estimate of drug-likeness (QED) is 0.501. The summed E-state index contributed by atoms with van der Waals surface area (Å²) in [4.78, 5) is 8.50. The van der Waals surface area contributed by atoms with Crippen molar-refractivity contribution in [2.24, 2.45) is 0 Å². The number of fused-ring (bicyclic) bond motifs is 5. The van der Waals surface area contributed by atoms with Crippen LogP contribution in [-0.4, -0.2) is 24.3 Å². The summed E-state index contributed by atoms with van der Waals surface area (Å²) in [5, 5.41) is 5.00. The van der Waals surface area contributed by atoms with E-state index in [1.54, 1.807) is 11.0 Å². The summed E-state index contributed by atoms with van der Waals surface area (Å²) in [6.07, 6.45) is 1.54. The van der Waals surface area contributed by atoms with Gasteiger partial charge in [0.15, 0.2) is 11.0 Å². The topological polar surface area (TPSA) is 48.5 Å². The van der Waals surface area contributed by atoms with Gasteiger partial charge in [0.25, 0.3) is 0 Å². The first-order chi connectivity index (χ1) is 9.65. The number of imidazole rings is 1. The predicted molar refractivity (Wildman–Crippen MR) is 76.4 cm³/mol. The summed E-state index contributed by atoms with van der Waals surface area (Å²) in [6.45, 7) is 2.52. The largest absolute Gasteiger partial charge is 0.283 e. The highest BCUT2D eigenvalue weighted by molar-refractivity contribution is 6.33. The van der Waals surface area contributed by atoms with Gasteiger partial charge in [-0.2, -0.15) is 5.10 Å². The van der Waals surface area contributed by atoms with Crippen LogP contribution in [0.5, 0.6) is 0 Å². The Morgan fingerprint density at radius 1 is 1.25 bits per heavy atom. The van der Waals surface area contributed by atoms with E-state index in [-0.39, 0.29) is 0 Å². The van der Waals surface area contributed by atoms with Gasteiger partial charge in [0, 0.05) is 5.56 Å². The zero-order chi connectivity index (χ0) is 13.9. The van der Waals surface area contributed by atoms with E-state index in [0.29, 0.717) is 17.0 Å². The second-order valence-electron chi connectivity index (χ2n) is 4.72. The number of aromatic nitrogens is 5. The van der Waals surface area contributed by atoms with Crippen molar-refractivity contribution < 1.29 is 0 Å². The van der Waals surface area contributed by atoms with Crippen LogP contribution in [0.2, 0.25) is 10.4 Å². The molecule has 2 aromatic heterocycles. The molecule has 20 heavy (non-hydrogen) atoms. The summed E-state index contributed by atoms with van der Waals surface area (Å²) in [5.41, 5.74) is 3.84. The lowest BCUT2D eigenvalue weighted by Crippen LogP contribution is -2.04. The van der Waals surface area contributed by atoms with E-state index in [1.165, 1.54) is 0 Å². The van der Waals surface area contributed by atoms with Crippen molar-refractivity contribution >= 4 is 23.2 Å². The van der Waals surface area contributed by atoms with Crippen LogP contribution in [0, 0.1) is 6.92 Å². The fraction of sp³-hybridized carbons (Fsp3) is 0.154.